The Hall–Kier alpha value is -0.730. The molecule has 0 saturated heterocycles. The number of para-hydroxylation sites is 1. The maximum Gasteiger partial charge on any atom is 0.227 e. The van der Waals surface area contributed by atoms with E-state index in [1.54, 1.807) is 18.2 Å². The van der Waals surface area contributed by atoms with E-state index in [1.165, 1.54) is 0 Å². The first-order chi connectivity index (χ1) is 7.56. The van der Waals surface area contributed by atoms with Gasteiger partial charge in [0.2, 0.25) is 5.91 Å². The minimum atomic E-state index is -0.0446. The lowest BCUT2D eigenvalue weighted by atomic mass is 10.1. The third-order valence-corrected chi connectivity index (χ3v) is 3.01. The number of carbonyl (C=O) groups excluding carboxylic acids is 1. The summed E-state index contributed by atoms with van der Waals surface area (Å²) in [6.07, 6.45) is 1.83. The van der Waals surface area contributed by atoms with Gasteiger partial charge in [0.25, 0.3) is 0 Å². The third kappa shape index (κ3) is 3.39. The van der Waals surface area contributed by atoms with Crippen molar-refractivity contribution in [3.8, 4) is 0 Å². The van der Waals surface area contributed by atoms with Crippen molar-refractivity contribution in [1.29, 1.82) is 0 Å². The van der Waals surface area contributed by atoms with E-state index in [0.29, 0.717) is 15.7 Å². The summed E-state index contributed by atoms with van der Waals surface area (Å²) in [6, 6.07) is 5.15. The van der Waals surface area contributed by atoms with Crippen molar-refractivity contribution < 1.29 is 4.79 Å². The Bertz CT molecular complexity index is 359. The molecule has 0 bridgehead atoms. The van der Waals surface area contributed by atoms with Gasteiger partial charge in [0.1, 0.15) is 0 Å². The summed E-state index contributed by atoms with van der Waals surface area (Å²) in [5, 5.41) is 3.69. The summed E-state index contributed by atoms with van der Waals surface area (Å²) in [4.78, 5) is 11.8. The number of nitrogens with one attached hydrogen (secondary N) is 1. The van der Waals surface area contributed by atoms with Crippen molar-refractivity contribution in [3.05, 3.63) is 28.2 Å². The molecule has 1 rings (SSSR count). The molecule has 2 nitrogen and oxygen atoms in total. The number of amides is 1. The standard InChI is InChI=1S/C12H15Cl2NO/c1-3-5-8(2)12(16)15-11-9(13)6-4-7-10(11)14/h4,6-8H,3,5H2,1-2H3,(H,15,16). The van der Waals surface area contributed by atoms with Gasteiger partial charge in [-0.3, -0.25) is 4.79 Å². The van der Waals surface area contributed by atoms with Crippen molar-refractivity contribution in [2.24, 2.45) is 5.92 Å². The predicted molar refractivity (Wildman–Crippen MR) is 69.2 cm³/mol. The lowest BCUT2D eigenvalue weighted by Crippen LogP contribution is -2.20. The molecule has 0 aliphatic rings. The quantitative estimate of drug-likeness (QED) is 0.855. The Labute approximate surface area is 106 Å². The molecule has 0 saturated carbocycles. The van der Waals surface area contributed by atoms with Crippen molar-refractivity contribution in [2.75, 3.05) is 5.32 Å². The zero-order chi connectivity index (χ0) is 12.1. The minimum absolute atomic E-state index is 0.0302. The molecule has 16 heavy (non-hydrogen) atoms. The van der Waals surface area contributed by atoms with Crippen LogP contribution in [0.3, 0.4) is 0 Å². The molecular weight excluding hydrogens is 245 g/mol. The van der Waals surface area contributed by atoms with E-state index in [9.17, 15) is 4.79 Å². The first-order valence-corrected chi connectivity index (χ1v) is 6.06. The average Bonchev–Trinajstić information content (AvgIpc) is 2.23. The van der Waals surface area contributed by atoms with E-state index < -0.39 is 0 Å². The van der Waals surface area contributed by atoms with Gasteiger partial charge in [-0.15, -0.1) is 0 Å². The van der Waals surface area contributed by atoms with Gasteiger partial charge in [-0.1, -0.05) is 49.5 Å². The van der Waals surface area contributed by atoms with Crippen molar-refractivity contribution in [1.82, 2.24) is 0 Å². The van der Waals surface area contributed by atoms with Gasteiger partial charge in [0.05, 0.1) is 15.7 Å². The maximum atomic E-state index is 11.8. The molecule has 4 heteroatoms. The highest BCUT2D eigenvalue weighted by Crippen LogP contribution is 2.30. The van der Waals surface area contributed by atoms with Gasteiger partial charge in [0.15, 0.2) is 0 Å². The lowest BCUT2D eigenvalue weighted by molar-refractivity contribution is -0.119. The SMILES string of the molecule is CCCC(C)C(=O)Nc1c(Cl)cccc1Cl. The molecule has 88 valence electrons. The molecule has 1 amide bonds. The van der Waals surface area contributed by atoms with Crippen LogP contribution < -0.4 is 5.32 Å². The highest BCUT2D eigenvalue weighted by atomic mass is 35.5. The van der Waals surface area contributed by atoms with Crippen LogP contribution in [0.25, 0.3) is 0 Å². The van der Waals surface area contributed by atoms with Crippen LogP contribution in [0.2, 0.25) is 10.0 Å². The number of anilines is 1. The first-order valence-electron chi connectivity index (χ1n) is 5.31. The van der Waals surface area contributed by atoms with Crippen LogP contribution in [0.15, 0.2) is 18.2 Å². The minimum Gasteiger partial charge on any atom is -0.323 e. The molecule has 0 heterocycles. The highest BCUT2D eigenvalue weighted by Gasteiger charge is 2.14. The van der Waals surface area contributed by atoms with Crippen LogP contribution in [0, 0.1) is 5.92 Å². The lowest BCUT2D eigenvalue weighted by Gasteiger charge is -2.13. The van der Waals surface area contributed by atoms with Crippen LogP contribution in [0.4, 0.5) is 5.69 Å². The van der Waals surface area contributed by atoms with Crippen LogP contribution in [0.5, 0.6) is 0 Å². The molecule has 1 N–H and O–H groups in total. The number of hydrogen-bond donors (Lipinski definition) is 1. The fourth-order valence-electron chi connectivity index (χ4n) is 1.43. The van der Waals surface area contributed by atoms with Gasteiger partial charge < -0.3 is 5.32 Å². The molecule has 1 atom stereocenters. The monoisotopic (exact) mass is 259 g/mol. The fourth-order valence-corrected chi connectivity index (χ4v) is 1.92. The second-order valence-corrected chi connectivity index (χ2v) is 4.59. The normalized spacial score (nSPS) is 12.2. The number of hydrogen-bond acceptors (Lipinski definition) is 1. The van der Waals surface area contributed by atoms with Crippen molar-refractivity contribution >= 4 is 34.8 Å². The zero-order valence-corrected chi connectivity index (χ0v) is 10.9. The summed E-state index contributed by atoms with van der Waals surface area (Å²) in [5.74, 6) is -0.0748. The van der Waals surface area contributed by atoms with Gasteiger partial charge >= 0.3 is 0 Å². The molecule has 0 aromatic heterocycles. The first kappa shape index (κ1) is 13.3. The second-order valence-electron chi connectivity index (χ2n) is 3.78. The maximum absolute atomic E-state index is 11.8. The summed E-state index contributed by atoms with van der Waals surface area (Å²) in [6.45, 7) is 3.94. The predicted octanol–water partition coefficient (Wildman–Crippen LogP) is 4.37. The molecule has 1 aromatic carbocycles. The molecular formula is C12H15Cl2NO. The second kappa shape index (κ2) is 6.12. The molecule has 0 fully saturated rings. The molecule has 0 aliphatic heterocycles. The van der Waals surface area contributed by atoms with Crippen molar-refractivity contribution in [2.45, 2.75) is 26.7 Å². The molecule has 0 radical (unpaired) electrons. The van der Waals surface area contributed by atoms with E-state index in [-0.39, 0.29) is 11.8 Å². The number of carbonyl (C=O) groups is 1. The Morgan fingerprint density at radius 1 is 1.38 bits per heavy atom. The van der Waals surface area contributed by atoms with E-state index in [2.05, 4.69) is 5.32 Å². The topological polar surface area (TPSA) is 29.1 Å². The smallest absolute Gasteiger partial charge is 0.227 e. The van der Waals surface area contributed by atoms with Crippen LogP contribution >= 0.6 is 23.2 Å². The van der Waals surface area contributed by atoms with E-state index >= 15 is 0 Å². The van der Waals surface area contributed by atoms with Crippen LogP contribution in [-0.4, -0.2) is 5.91 Å². The molecule has 0 aliphatic carbocycles. The van der Waals surface area contributed by atoms with Gasteiger partial charge in [-0.25, -0.2) is 0 Å². The number of halogens is 2. The number of rotatable bonds is 4. The number of benzene rings is 1. The van der Waals surface area contributed by atoms with Crippen LogP contribution in [0.1, 0.15) is 26.7 Å². The third-order valence-electron chi connectivity index (χ3n) is 2.38. The summed E-state index contributed by atoms with van der Waals surface area (Å²) >= 11 is 11.9. The summed E-state index contributed by atoms with van der Waals surface area (Å²) < 4.78 is 0. The zero-order valence-electron chi connectivity index (χ0n) is 9.39. The van der Waals surface area contributed by atoms with Gasteiger partial charge in [-0.2, -0.15) is 0 Å². The van der Waals surface area contributed by atoms with E-state index in [0.717, 1.165) is 12.8 Å². The van der Waals surface area contributed by atoms with E-state index in [1.807, 2.05) is 13.8 Å². The highest BCUT2D eigenvalue weighted by molar-refractivity contribution is 6.39. The molecule has 0 spiro atoms. The molecule has 1 aromatic rings. The average molecular weight is 260 g/mol. The van der Waals surface area contributed by atoms with E-state index in [4.69, 9.17) is 23.2 Å². The Morgan fingerprint density at radius 2 is 1.94 bits per heavy atom. The van der Waals surface area contributed by atoms with Crippen LogP contribution in [-0.2, 0) is 4.79 Å². The van der Waals surface area contributed by atoms with Gasteiger partial charge in [-0.05, 0) is 18.6 Å². The summed E-state index contributed by atoms with van der Waals surface area (Å²) in [7, 11) is 0. The Kier molecular flexibility index (Phi) is 5.10. The fraction of sp³-hybridized carbons (Fsp3) is 0.417. The van der Waals surface area contributed by atoms with Crippen molar-refractivity contribution in [3.63, 3.8) is 0 Å². The molecule has 1 unspecified atom stereocenters. The van der Waals surface area contributed by atoms with Gasteiger partial charge in [0, 0.05) is 5.92 Å². The summed E-state index contributed by atoms with van der Waals surface area (Å²) in [5.41, 5.74) is 0.499. The largest absolute Gasteiger partial charge is 0.323 e. The Morgan fingerprint density at radius 3 is 2.44 bits per heavy atom. The Balaban J connectivity index is 2.77.